The van der Waals surface area contributed by atoms with Gasteiger partial charge in [0.05, 0.1) is 10.2 Å². The summed E-state index contributed by atoms with van der Waals surface area (Å²) in [4.78, 5) is 26.6. The van der Waals surface area contributed by atoms with E-state index in [4.69, 9.17) is 5.11 Å². The molecule has 0 saturated carbocycles. The molecule has 1 aromatic heterocycles. The van der Waals surface area contributed by atoms with E-state index in [1.807, 2.05) is 0 Å². The SMILES string of the molecule is O=C(Nc1cccnc1C(=O)O)c1ccc(F)c(Br)c1. The number of halogens is 2. The van der Waals surface area contributed by atoms with Gasteiger partial charge in [-0.1, -0.05) is 0 Å². The summed E-state index contributed by atoms with van der Waals surface area (Å²) in [5.74, 6) is -2.29. The van der Waals surface area contributed by atoms with Gasteiger partial charge in [0.25, 0.3) is 5.91 Å². The summed E-state index contributed by atoms with van der Waals surface area (Å²) in [6, 6.07) is 6.67. The molecular weight excluding hydrogens is 331 g/mol. The number of anilines is 1. The molecule has 2 aromatic rings. The zero-order valence-corrected chi connectivity index (χ0v) is 11.5. The number of carbonyl (C=O) groups is 2. The van der Waals surface area contributed by atoms with Crippen LogP contribution in [0.25, 0.3) is 0 Å². The second kappa shape index (κ2) is 5.79. The maximum absolute atomic E-state index is 13.1. The Morgan fingerprint density at radius 3 is 2.70 bits per heavy atom. The van der Waals surface area contributed by atoms with Crippen LogP contribution in [0.3, 0.4) is 0 Å². The molecule has 2 rings (SSSR count). The van der Waals surface area contributed by atoms with Crippen LogP contribution < -0.4 is 5.32 Å². The maximum atomic E-state index is 13.1. The molecule has 0 aliphatic heterocycles. The van der Waals surface area contributed by atoms with Crippen molar-refractivity contribution in [3.63, 3.8) is 0 Å². The average molecular weight is 339 g/mol. The van der Waals surface area contributed by atoms with Gasteiger partial charge >= 0.3 is 5.97 Å². The van der Waals surface area contributed by atoms with Gasteiger partial charge in [-0.15, -0.1) is 0 Å². The third kappa shape index (κ3) is 3.00. The summed E-state index contributed by atoms with van der Waals surface area (Å²) < 4.78 is 13.2. The van der Waals surface area contributed by atoms with Gasteiger partial charge in [0.2, 0.25) is 0 Å². The first-order valence-electron chi connectivity index (χ1n) is 5.44. The van der Waals surface area contributed by atoms with Crippen molar-refractivity contribution in [2.75, 3.05) is 5.32 Å². The number of carbonyl (C=O) groups excluding carboxylic acids is 1. The lowest BCUT2D eigenvalue weighted by atomic mass is 10.2. The van der Waals surface area contributed by atoms with Crippen LogP contribution in [0.15, 0.2) is 41.0 Å². The number of hydrogen-bond donors (Lipinski definition) is 2. The van der Waals surface area contributed by atoms with Crippen molar-refractivity contribution in [2.24, 2.45) is 0 Å². The molecule has 7 heteroatoms. The highest BCUT2D eigenvalue weighted by Gasteiger charge is 2.15. The van der Waals surface area contributed by atoms with Gasteiger partial charge in [-0.25, -0.2) is 14.2 Å². The summed E-state index contributed by atoms with van der Waals surface area (Å²) in [6.45, 7) is 0. The molecule has 0 aliphatic rings. The van der Waals surface area contributed by atoms with Gasteiger partial charge in [0.1, 0.15) is 5.82 Å². The van der Waals surface area contributed by atoms with E-state index >= 15 is 0 Å². The smallest absolute Gasteiger partial charge is 0.356 e. The number of rotatable bonds is 3. The molecule has 0 bridgehead atoms. The minimum absolute atomic E-state index is 0.0745. The van der Waals surface area contributed by atoms with Gasteiger partial charge in [-0.2, -0.15) is 0 Å². The number of aromatic nitrogens is 1. The van der Waals surface area contributed by atoms with Crippen LogP contribution in [-0.2, 0) is 0 Å². The van der Waals surface area contributed by atoms with Crippen LogP contribution in [0.2, 0.25) is 0 Å². The minimum Gasteiger partial charge on any atom is -0.476 e. The van der Waals surface area contributed by atoms with Crippen molar-refractivity contribution in [2.45, 2.75) is 0 Å². The largest absolute Gasteiger partial charge is 0.476 e. The number of hydrogen-bond acceptors (Lipinski definition) is 3. The van der Waals surface area contributed by atoms with Crippen LogP contribution in [0.1, 0.15) is 20.8 Å². The Morgan fingerprint density at radius 1 is 1.30 bits per heavy atom. The van der Waals surface area contributed by atoms with Crippen molar-refractivity contribution in [1.29, 1.82) is 0 Å². The lowest BCUT2D eigenvalue weighted by molar-refractivity contribution is 0.0691. The quantitative estimate of drug-likeness (QED) is 0.901. The number of carboxylic acid groups (broad SMARTS) is 1. The first-order valence-corrected chi connectivity index (χ1v) is 6.23. The van der Waals surface area contributed by atoms with Gasteiger partial charge in [-0.05, 0) is 46.3 Å². The van der Waals surface area contributed by atoms with Crippen LogP contribution in [0, 0.1) is 5.82 Å². The van der Waals surface area contributed by atoms with Gasteiger partial charge in [0.15, 0.2) is 5.69 Å². The van der Waals surface area contributed by atoms with Gasteiger partial charge in [0, 0.05) is 11.8 Å². The van der Waals surface area contributed by atoms with Crippen LogP contribution >= 0.6 is 15.9 Å². The van der Waals surface area contributed by atoms with Crippen molar-refractivity contribution >= 4 is 33.5 Å². The van der Waals surface area contributed by atoms with Crippen LogP contribution in [-0.4, -0.2) is 22.0 Å². The lowest BCUT2D eigenvalue weighted by Gasteiger charge is -2.07. The molecule has 0 saturated heterocycles. The monoisotopic (exact) mass is 338 g/mol. The summed E-state index contributed by atoms with van der Waals surface area (Å²) in [5.41, 5.74) is 0.00550. The highest BCUT2D eigenvalue weighted by Crippen LogP contribution is 2.19. The number of nitrogens with zero attached hydrogens (tertiary/aromatic N) is 1. The van der Waals surface area contributed by atoms with Gasteiger partial charge < -0.3 is 10.4 Å². The number of carboxylic acids is 1. The van der Waals surface area contributed by atoms with Crippen molar-refractivity contribution < 1.29 is 19.1 Å². The highest BCUT2D eigenvalue weighted by atomic mass is 79.9. The molecule has 0 atom stereocenters. The summed E-state index contributed by atoms with van der Waals surface area (Å²) in [5, 5.41) is 11.4. The zero-order valence-electron chi connectivity index (χ0n) is 9.93. The Labute approximate surface area is 121 Å². The molecule has 1 aromatic carbocycles. The Hall–Kier alpha value is -2.28. The third-order valence-electron chi connectivity index (χ3n) is 2.44. The van der Waals surface area contributed by atoms with Crippen LogP contribution in [0.4, 0.5) is 10.1 Å². The first kappa shape index (κ1) is 14.1. The molecule has 102 valence electrons. The topological polar surface area (TPSA) is 79.3 Å². The minimum atomic E-state index is -1.25. The number of aromatic carboxylic acids is 1. The van der Waals surface area contributed by atoms with E-state index in [1.165, 1.54) is 30.5 Å². The van der Waals surface area contributed by atoms with Crippen molar-refractivity contribution in [3.8, 4) is 0 Å². The van der Waals surface area contributed by atoms with E-state index in [1.54, 1.807) is 0 Å². The Morgan fingerprint density at radius 2 is 2.05 bits per heavy atom. The van der Waals surface area contributed by atoms with Crippen LogP contribution in [0.5, 0.6) is 0 Å². The van der Waals surface area contributed by atoms with E-state index in [0.717, 1.165) is 6.07 Å². The number of pyridine rings is 1. The van der Waals surface area contributed by atoms with E-state index in [9.17, 15) is 14.0 Å². The fourth-order valence-corrected chi connectivity index (χ4v) is 1.89. The lowest BCUT2D eigenvalue weighted by Crippen LogP contribution is -2.15. The molecule has 0 radical (unpaired) electrons. The number of amides is 1. The van der Waals surface area contributed by atoms with E-state index in [2.05, 4.69) is 26.2 Å². The second-order valence-corrected chi connectivity index (χ2v) is 4.64. The Bertz CT molecular complexity index is 691. The maximum Gasteiger partial charge on any atom is 0.356 e. The molecule has 1 amide bonds. The molecule has 2 N–H and O–H groups in total. The molecule has 20 heavy (non-hydrogen) atoms. The number of nitrogens with one attached hydrogen (secondary N) is 1. The predicted molar refractivity (Wildman–Crippen MR) is 73.2 cm³/mol. The van der Waals surface area contributed by atoms with Crippen molar-refractivity contribution in [3.05, 3.63) is 58.1 Å². The Balaban J connectivity index is 2.28. The molecule has 0 spiro atoms. The van der Waals surface area contributed by atoms with Crippen molar-refractivity contribution in [1.82, 2.24) is 4.98 Å². The summed E-state index contributed by atoms with van der Waals surface area (Å²) in [6.07, 6.45) is 1.31. The molecule has 1 heterocycles. The predicted octanol–water partition coefficient (Wildman–Crippen LogP) is 2.93. The van der Waals surface area contributed by atoms with Gasteiger partial charge in [-0.3, -0.25) is 4.79 Å². The highest BCUT2D eigenvalue weighted by molar-refractivity contribution is 9.10. The molecule has 5 nitrogen and oxygen atoms in total. The first-order chi connectivity index (χ1) is 9.49. The fourth-order valence-electron chi connectivity index (χ4n) is 1.51. The molecule has 0 aliphatic carbocycles. The molecule has 0 fully saturated rings. The fraction of sp³-hybridized carbons (Fsp3) is 0. The zero-order chi connectivity index (χ0) is 14.7. The number of benzene rings is 1. The Kier molecular flexibility index (Phi) is 4.09. The molecular formula is C13H8BrFN2O3. The third-order valence-corrected chi connectivity index (χ3v) is 3.05. The standard InChI is InChI=1S/C13H8BrFN2O3/c14-8-6-7(3-4-9(8)15)12(18)17-10-2-1-5-16-11(10)13(19)20/h1-6H,(H,17,18)(H,19,20). The average Bonchev–Trinajstić information content (AvgIpc) is 2.42. The summed E-state index contributed by atoms with van der Waals surface area (Å²) >= 11 is 2.98. The second-order valence-electron chi connectivity index (χ2n) is 3.79. The molecule has 0 unspecified atom stereocenters. The van der Waals surface area contributed by atoms with E-state index < -0.39 is 17.7 Å². The van der Waals surface area contributed by atoms with E-state index in [0.29, 0.717) is 0 Å². The van der Waals surface area contributed by atoms with E-state index in [-0.39, 0.29) is 21.4 Å². The normalized spacial score (nSPS) is 10.1. The summed E-state index contributed by atoms with van der Waals surface area (Å²) in [7, 11) is 0.